The first-order valence-electron chi connectivity index (χ1n) is 5.59. The summed E-state index contributed by atoms with van der Waals surface area (Å²) in [5.74, 6) is 0. The Morgan fingerprint density at radius 1 is 1.44 bits per heavy atom. The van der Waals surface area contributed by atoms with Crippen molar-refractivity contribution in [3.8, 4) is 0 Å². The van der Waals surface area contributed by atoms with Gasteiger partial charge in [0.15, 0.2) is 0 Å². The normalized spacial score (nSPS) is 10.7. The molecule has 16 heavy (non-hydrogen) atoms. The molecular formula is C12H18N4. The molecule has 0 aromatic carbocycles. The second-order valence-corrected chi connectivity index (χ2v) is 3.95. The van der Waals surface area contributed by atoms with Crippen molar-refractivity contribution in [3.63, 3.8) is 0 Å². The number of nitrogens with one attached hydrogen (secondary N) is 1. The van der Waals surface area contributed by atoms with Crippen LogP contribution < -0.4 is 5.32 Å². The molecule has 2 aromatic heterocycles. The summed E-state index contributed by atoms with van der Waals surface area (Å²) in [4.78, 5) is 0. The second kappa shape index (κ2) is 4.43. The van der Waals surface area contributed by atoms with Crippen LogP contribution in [0.5, 0.6) is 0 Å². The van der Waals surface area contributed by atoms with Crippen molar-refractivity contribution in [3.05, 3.63) is 35.9 Å². The minimum Gasteiger partial charge on any atom is -0.377 e. The molecule has 0 saturated heterocycles. The van der Waals surface area contributed by atoms with Crippen molar-refractivity contribution >= 4 is 5.69 Å². The fraction of sp³-hybridized carbons (Fsp3) is 0.417. The summed E-state index contributed by atoms with van der Waals surface area (Å²) in [5, 5.41) is 7.81. The second-order valence-electron chi connectivity index (χ2n) is 3.95. The number of aryl methyl sites for hydroxylation is 3. The number of anilines is 1. The molecule has 0 atom stereocenters. The molecule has 2 aromatic rings. The van der Waals surface area contributed by atoms with Crippen LogP contribution in [0.2, 0.25) is 0 Å². The number of hydrogen-bond acceptors (Lipinski definition) is 2. The van der Waals surface area contributed by atoms with Crippen molar-refractivity contribution in [2.75, 3.05) is 5.32 Å². The molecule has 86 valence electrons. The molecule has 0 aliphatic rings. The number of rotatable bonds is 4. The Bertz CT molecular complexity index is 467. The molecule has 1 N–H and O–H groups in total. The lowest BCUT2D eigenvalue weighted by Gasteiger charge is -2.05. The molecule has 0 saturated carbocycles. The van der Waals surface area contributed by atoms with Crippen molar-refractivity contribution in [2.45, 2.75) is 26.9 Å². The molecule has 0 bridgehead atoms. The Morgan fingerprint density at radius 3 is 2.81 bits per heavy atom. The van der Waals surface area contributed by atoms with Gasteiger partial charge in [-0.1, -0.05) is 0 Å². The van der Waals surface area contributed by atoms with E-state index in [1.165, 1.54) is 5.69 Å². The average Bonchev–Trinajstić information content (AvgIpc) is 2.82. The van der Waals surface area contributed by atoms with Gasteiger partial charge in [-0.3, -0.25) is 4.68 Å². The Balaban J connectivity index is 2.04. The number of hydrogen-bond donors (Lipinski definition) is 1. The van der Waals surface area contributed by atoms with Gasteiger partial charge in [0, 0.05) is 31.7 Å². The molecule has 0 amide bonds. The maximum Gasteiger partial charge on any atom is 0.0825 e. The van der Waals surface area contributed by atoms with E-state index < -0.39 is 0 Å². The third kappa shape index (κ3) is 2.10. The zero-order valence-electron chi connectivity index (χ0n) is 10.1. The highest BCUT2D eigenvalue weighted by atomic mass is 15.3. The van der Waals surface area contributed by atoms with Gasteiger partial charge in [-0.25, -0.2) is 0 Å². The average molecular weight is 218 g/mol. The van der Waals surface area contributed by atoms with Crippen LogP contribution in [0.25, 0.3) is 0 Å². The van der Waals surface area contributed by atoms with Gasteiger partial charge in [-0.2, -0.15) is 5.10 Å². The summed E-state index contributed by atoms with van der Waals surface area (Å²) in [6.07, 6.45) is 4.11. The smallest absolute Gasteiger partial charge is 0.0825 e. The molecule has 0 spiro atoms. The summed E-state index contributed by atoms with van der Waals surface area (Å²) in [6, 6.07) is 4.17. The Labute approximate surface area is 95.9 Å². The van der Waals surface area contributed by atoms with E-state index in [0.29, 0.717) is 0 Å². The molecular weight excluding hydrogens is 200 g/mol. The lowest BCUT2D eigenvalue weighted by molar-refractivity contribution is 0.653. The van der Waals surface area contributed by atoms with Gasteiger partial charge in [-0.05, 0) is 26.0 Å². The maximum absolute atomic E-state index is 4.40. The quantitative estimate of drug-likeness (QED) is 0.853. The first kappa shape index (κ1) is 10.8. The Morgan fingerprint density at radius 2 is 2.25 bits per heavy atom. The van der Waals surface area contributed by atoms with Crippen LogP contribution in [0.4, 0.5) is 5.69 Å². The summed E-state index contributed by atoms with van der Waals surface area (Å²) in [5.41, 5.74) is 3.43. The molecule has 0 fully saturated rings. The fourth-order valence-corrected chi connectivity index (χ4v) is 1.72. The summed E-state index contributed by atoms with van der Waals surface area (Å²) < 4.78 is 4.06. The van der Waals surface area contributed by atoms with E-state index in [1.807, 2.05) is 11.6 Å². The van der Waals surface area contributed by atoms with E-state index >= 15 is 0 Å². The predicted molar refractivity (Wildman–Crippen MR) is 65.4 cm³/mol. The van der Waals surface area contributed by atoms with Gasteiger partial charge < -0.3 is 9.88 Å². The van der Waals surface area contributed by atoms with Gasteiger partial charge in [-0.15, -0.1) is 0 Å². The molecule has 0 aliphatic heterocycles. The van der Waals surface area contributed by atoms with E-state index in [9.17, 15) is 0 Å². The fourth-order valence-electron chi connectivity index (χ4n) is 1.72. The molecule has 2 heterocycles. The number of aromatic nitrogens is 3. The summed E-state index contributed by atoms with van der Waals surface area (Å²) >= 11 is 0. The van der Waals surface area contributed by atoms with Crippen molar-refractivity contribution in [1.82, 2.24) is 14.3 Å². The molecule has 0 radical (unpaired) electrons. The molecule has 2 rings (SSSR count). The third-order valence-electron chi connectivity index (χ3n) is 2.78. The van der Waals surface area contributed by atoms with Crippen LogP contribution in [-0.2, 0) is 20.1 Å². The van der Waals surface area contributed by atoms with Gasteiger partial charge in [0.05, 0.1) is 17.9 Å². The standard InChI is InChI=1S/C12H18N4/c1-4-16-9-12(10(2)14-16)13-8-11-6-5-7-15(11)3/h5-7,9,13H,4,8H2,1-3H3. The SMILES string of the molecule is CCn1cc(NCc2cccn2C)c(C)n1. The topological polar surface area (TPSA) is 34.8 Å². The van der Waals surface area contributed by atoms with Crippen LogP contribution in [0.1, 0.15) is 18.3 Å². The molecule has 0 aliphatic carbocycles. The minimum atomic E-state index is 0.833. The van der Waals surface area contributed by atoms with Crippen LogP contribution in [0.15, 0.2) is 24.5 Å². The van der Waals surface area contributed by atoms with Gasteiger partial charge in [0.1, 0.15) is 0 Å². The lowest BCUT2D eigenvalue weighted by Crippen LogP contribution is -2.04. The zero-order chi connectivity index (χ0) is 11.5. The van der Waals surface area contributed by atoms with Gasteiger partial charge in [0.2, 0.25) is 0 Å². The highest BCUT2D eigenvalue weighted by Crippen LogP contribution is 2.13. The van der Waals surface area contributed by atoms with Crippen molar-refractivity contribution in [1.29, 1.82) is 0 Å². The zero-order valence-corrected chi connectivity index (χ0v) is 10.1. The van der Waals surface area contributed by atoms with Crippen LogP contribution >= 0.6 is 0 Å². The predicted octanol–water partition coefficient (Wildman–Crippen LogP) is 2.16. The lowest BCUT2D eigenvalue weighted by atomic mass is 10.3. The monoisotopic (exact) mass is 218 g/mol. The van der Waals surface area contributed by atoms with E-state index in [2.05, 4.69) is 53.5 Å². The highest BCUT2D eigenvalue weighted by molar-refractivity contribution is 5.45. The minimum absolute atomic E-state index is 0.833. The van der Waals surface area contributed by atoms with E-state index in [-0.39, 0.29) is 0 Å². The van der Waals surface area contributed by atoms with Crippen LogP contribution in [0, 0.1) is 6.92 Å². The molecule has 4 heteroatoms. The molecule has 0 unspecified atom stereocenters. The van der Waals surface area contributed by atoms with E-state index in [4.69, 9.17) is 0 Å². The van der Waals surface area contributed by atoms with E-state index in [0.717, 1.165) is 24.5 Å². The van der Waals surface area contributed by atoms with Gasteiger partial charge >= 0.3 is 0 Å². The highest BCUT2D eigenvalue weighted by Gasteiger charge is 2.04. The van der Waals surface area contributed by atoms with Crippen molar-refractivity contribution in [2.24, 2.45) is 7.05 Å². The Kier molecular flexibility index (Phi) is 2.99. The first-order valence-corrected chi connectivity index (χ1v) is 5.59. The summed E-state index contributed by atoms with van der Waals surface area (Å²) in [6.45, 7) is 5.86. The van der Waals surface area contributed by atoms with Gasteiger partial charge in [0.25, 0.3) is 0 Å². The third-order valence-corrected chi connectivity index (χ3v) is 2.78. The number of nitrogens with zero attached hydrogens (tertiary/aromatic N) is 3. The largest absolute Gasteiger partial charge is 0.377 e. The van der Waals surface area contributed by atoms with Crippen LogP contribution in [0.3, 0.4) is 0 Å². The first-order chi connectivity index (χ1) is 7.70. The van der Waals surface area contributed by atoms with Crippen LogP contribution in [-0.4, -0.2) is 14.3 Å². The summed E-state index contributed by atoms with van der Waals surface area (Å²) in [7, 11) is 2.05. The molecule has 4 nitrogen and oxygen atoms in total. The van der Waals surface area contributed by atoms with Crippen molar-refractivity contribution < 1.29 is 0 Å². The maximum atomic E-state index is 4.40. The van der Waals surface area contributed by atoms with E-state index in [1.54, 1.807) is 0 Å². The Hall–Kier alpha value is -1.71.